The maximum atomic E-state index is 12.2. The van der Waals surface area contributed by atoms with Crippen molar-refractivity contribution in [3.05, 3.63) is 16.1 Å². The minimum Gasteiger partial charge on any atom is -0.350 e. The van der Waals surface area contributed by atoms with Crippen molar-refractivity contribution in [3.63, 3.8) is 0 Å². The highest BCUT2D eigenvalue weighted by atomic mass is 127. The Bertz CT molecular complexity index is 506. The van der Waals surface area contributed by atoms with Crippen molar-refractivity contribution >= 4 is 50.3 Å². The molecular weight excluding hydrogens is 444 g/mol. The van der Waals surface area contributed by atoms with Crippen LogP contribution in [0.5, 0.6) is 0 Å². The van der Waals surface area contributed by atoms with Crippen molar-refractivity contribution in [1.29, 1.82) is 0 Å². The van der Waals surface area contributed by atoms with E-state index in [2.05, 4.69) is 47.5 Å². The number of carbonyl (C=O) groups excluding carboxylic acids is 1. The van der Waals surface area contributed by atoms with Gasteiger partial charge in [-0.3, -0.25) is 4.79 Å². The molecule has 19 heavy (non-hydrogen) atoms. The second-order valence-corrected chi connectivity index (χ2v) is 7.32. The zero-order valence-corrected chi connectivity index (χ0v) is 15.0. The van der Waals surface area contributed by atoms with E-state index in [9.17, 15) is 4.79 Å². The fourth-order valence-electron chi connectivity index (χ4n) is 2.36. The van der Waals surface area contributed by atoms with Crippen molar-refractivity contribution in [1.82, 2.24) is 14.5 Å². The van der Waals surface area contributed by atoms with Crippen LogP contribution in [0.3, 0.4) is 0 Å². The molecule has 0 saturated heterocycles. The van der Waals surface area contributed by atoms with Crippen LogP contribution >= 0.6 is 44.4 Å². The standard InChI is InChI=1S/C11H14BrIN3O2P/c12-10-8-5-15(3-4-18-19-13)9(17)6-16(8)11(14-10)7-1-2-7/h7,19H,1-6H2. The van der Waals surface area contributed by atoms with Gasteiger partial charge in [0.25, 0.3) is 0 Å². The van der Waals surface area contributed by atoms with E-state index in [0.717, 1.165) is 16.1 Å². The van der Waals surface area contributed by atoms with Crippen LogP contribution < -0.4 is 0 Å². The van der Waals surface area contributed by atoms with E-state index in [1.807, 2.05) is 4.90 Å². The molecule has 1 aromatic heterocycles. The summed E-state index contributed by atoms with van der Waals surface area (Å²) in [5.41, 5.74) is 1.12. The van der Waals surface area contributed by atoms with Gasteiger partial charge in [0.2, 0.25) is 5.91 Å². The van der Waals surface area contributed by atoms with Gasteiger partial charge in [0.1, 0.15) is 17.0 Å². The summed E-state index contributed by atoms with van der Waals surface area (Å²) in [6.45, 7) is 2.76. The van der Waals surface area contributed by atoms with Crippen LogP contribution in [0.2, 0.25) is 0 Å². The van der Waals surface area contributed by atoms with E-state index in [1.54, 1.807) is 0 Å². The summed E-state index contributed by atoms with van der Waals surface area (Å²) in [5, 5.41) is 0. The summed E-state index contributed by atoms with van der Waals surface area (Å²) in [6, 6.07) is 0. The molecule has 5 nitrogen and oxygen atoms in total. The Labute approximate surface area is 134 Å². The van der Waals surface area contributed by atoms with E-state index in [-0.39, 0.29) is 5.91 Å². The van der Waals surface area contributed by atoms with E-state index < -0.39 is 0 Å². The summed E-state index contributed by atoms with van der Waals surface area (Å²) in [6.07, 6.45) is 2.40. The molecule has 1 unspecified atom stereocenters. The molecule has 3 rings (SSSR count). The molecular formula is C11H14BrIN3O2P. The maximum Gasteiger partial charge on any atom is 0.242 e. The Kier molecular flexibility index (Phi) is 4.46. The molecule has 0 bridgehead atoms. The number of hydrogen-bond donors (Lipinski definition) is 0. The summed E-state index contributed by atoms with van der Waals surface area (Å²) >= 11 is 5.72. The van der Waals surface area contributed by atoms with Crippen molar-refractivity contribution in [2.75, 3.05) is 13.2 Å². The molecule has 1 amide bonds. The molecule has 2 heterocycles. The second kappa shape index (κ2) is 5.95. The lowest BCUT2D eigenvalue weighted by atomic mass is 10.3. The lowest BCUT2D eigenvalue weighted by Gasteiger charge is -2.28. The maximum absolute atomic E-state index is 12.2. The van der Waals surface area contributed by atoms with Crippen LogP contribution in [0.1, 0.15) is 30.3 Å². The number of fused-ring (bicyclic) bond motifs is 1. The predicted octanol–water partition coefficient (Wildman–Crippen LogP) is 2.83. The van der Waals surface area contributed by atoms with Crippen LogP contribution in [-0.4, -0.2) is 33.5 Å². The number of carbonyl (C=O) groups is 1. The van der Waals surface area contributed by atoms with Crippen LogP contribution in [-0.2, 0) is 22.4 Å². The number of nitrogens with zero attached hydrogens (tertiary/aromatic N) is 3. The first-order valence-corrected chi connectivity index (χ1v) is 11.0. The number of aromatic nitrogens is 2. The van der Waals surface area contributed by atoms with Crippen LogP contribution in [0.25, 0.3) is 0 Å². The Morgan fingerprint density at radius 2 is 2.26 bits per heavy atom. The first kappa shape index (κ1) is 14.2. The number of halogens is 2. The molecule has 1 aromatic rings. The average Bonchev–Trinajstić information content (AvgIpc) is 3.17. The van der Waals surface area contributed by atoms with E-state index >= 15 is 0 Å². The van der Waals surface area contributed by atoms with Gasteiger partial charge < -0.3 is 14.0 Å². The Morgan fingerprint density at radius 3 is 2.95 bits per heavy atom. The third-order valence-corrected chi connectivity index (χ3v) is 5.38. The molecule has 0 N–H and O–H groups in total. The number of imidazole rings is 1. The van der Waals surface area contributed by atoms with Gasteiger partial charge in [0.05, 0.1) is 25.3 Å². The normalized spacial score (nSPS) is 19.5. The third-order valence-electron chi connectivity index (χ3n) is 3.50. The summed E-state index contributed by atoms with van der Waals surface area (Å²) in [7, 11) is 0. The lowest BCUT2D eigenvalue weighted by Crippen LogP contribution is -2.41. The summed E-state index contributed by atoms with van der Waals surface area (Å²) in [5.74, 6) is 1.81. The van der Waals surface area contributed by atoms with Gasteiger partial charge in [0, 0.05) is 12.5 Å². The fraction of sp³-hybridized carbons (Fsp3) is 0.636. The highest BCUT2D eigenvalue weighted by Gasteiger charge is 2.34. The molecule has 1 atom stereocenters. The molecule has 2 aliphatic rings. The van der Waals surface area contributed by atoms with Crippen molar-refractivity contribution in [2.24, 2.45) is 0 Å². The molecule has 0 aromatic carbocycles. The van der Waals surface area contributed by atoms with Crippen molar-refractivity contribution in [2.45, 2.75) is 31.8 Å². The lowest BCUT2D eigenvalue weighted by molar-refractivity contribution is -0.134. The monoisotopic (exact) mass is 457 g/mol. The molecule has 0 radical (unpaired) electrons. The number of amides is 1. The quantitative estimate of drug-likeness (QED) is 0.388. The molecule has 1 fully saturated rings. The molecule has 104 valence electrons. The first-order chi connectivity index (χ1) is 9.20. The fourth-order valence-corrected chi connectivity index (χ4v) is 3.71. The van der Waals surface area contributed by atoms with Crippen LogP contribution in [0.15, 0.2) is 4.60 Å². The SMILES string of the molecule is O=C1Cn2c(C3CC3)nc(Br)c2CN1CCOPI. The van der Waals surface area contributed by atoms with Gasteiger partial charge in [-0.2, -0.15) is 0 Å². The number of rotatable bonds is 5. The summed E-state index contributed by atoms with van der Waals surface area (Å²) < 4.78 is 8.33. The highest BCUT2D eigenvalue weighted by Crippen LogP contribution is 2.41. The smallest absolute Gasteiger partial charge is 0.242 e. The Hall–Kier alpha value is 0.280. The first-order valence-electron chi connectivity index (χ1n) is 6.20. The zero-order chi connectivity index (χ0) is 13.4. The molecule has 1 saturated carbocycles. The van der Waals surface area contributed by atoms with Gasteiger partial charge in [-0.15, -0.1) is 0 Å². The van der Waals surface area contributed by atoms with Gasteiger partial charge in [-0.1, -0.05) is 0 Å². The minimum absolute atomic E-state index is 0.166. The zero-order valence-electron chi connectivity index (χ0n) is 10.2. The van der Waals surface area contributed by atoms with Crippen LogP contribution in [0, 0.1) is 0 Å². The van der Waals surface area contributed by atoms with Crippen molar-refractivity contribution < 1.29 is 9.32 Å². The second-order valence-electron chi connectivity index (χ2n) is 4.81. The van der Waals surface area contributed by atoms with Gasteiger partial charge in [0.15, 0.2) is 0 Å². The third kappa shape index (κ3) is 2.99. The molecule has 0 spiro atoms. The van der Waals surface area contributed by atoms with Crippen LogP contribution in [0.4, 0.5) is 0 Å². The predicted molar refractivity (Wildman–Crippen MR) is 85.6 cm³/mol. The molecule has 8 heteroatoms. The Morgan fingerprint density at radius 1 is 1.47 bits per heavy atom. The van der Waals surface area contributed by atoms with E-state index in [1.165, 1.54) is 12.8 Å². The molecule has 1 aliphatic carbocycles. The molecule has 1 aliphatic heterocycles. The highest BCUT2D eigenvalue weighted by molar-refractivity contribution is 14.2. The van der Waals surface area contributed by atoms with Gasteiger partial charge in [-0.05, 0) is 50.8 Å². The van der Waals surface area contributed by atoms with E-state index in [0.29, 0.717) is 38.6 Å². The van der Waals surface area contributed by atoms with Gasteiger partial charge in [-0.25, -0.2) is 4.98 Å². The van der Waals surface area contributed by atoms with Crippen molar-refractivity contribution in [3.8, 4) is 0 Å². The van der Waals surface area contributed by atoms with Gasteiger partial charge >= 0.3 is 0 Å². The van der Waals surface area contributed by atoms with E-state index in [4.69, 9.17) is 4.52 Å². The largest absolute Gasteiger partial charge is 0.350 e. The topological polar surface area (TPSA) is 47.4 Å². The average molecular weight is 458 g/mol. The minimum atomic E-state index is 0.166. The Balaban J connectivity index is 1.77. The summed E-state index contributed by atoms with van der Waals surface area (Å²) in [4.78, 5) is 18.6. The number of hydrogen-bond acceptors (Lipinski definition) is 3.